The van der Waals surface area contributed by atoms with Crippen LogP contribution < -0.4 is 5.32 Å². The predicted octanol–water partition coefficient (Wildman–Crippen LogP) is 3.13. The van der Waals surface area contributed by atoms with Crippen LogP contribution >= 0.6 is 0 Å². The van der Waals surface area contributed by atoms with Gasteiger partial charge in [-0.2, -0.15) is 0 Å². The third-order valence-corrected chi connectivity index (χ3v) is 3.73. The molecule has 24 heavy (non-hydrogen) atoms. The molecule has 1 atom stereocenters. The molecule has 1 unspecified atom stereocenters. The lowest BCUT2D eigenvalue weighted by molar-refractivity contribution is -0.143. The molecule has 0 aliphatic carbocycles. The maximum Gasteiger partial charge on any atom is 0.326 e. The molecule has 1 amide bonds. The SMILES string of the molecule is CC(C)(C)OCCC(NC(=O)CC(C)(C)c1ccccc1)C(=O)O. The van der Waals surface area contributed by atoms with Gasteiger partial charge in [0.1, 0.15) is 6.04 Å². The average molecular weight is 335 g/mol. The molecular formula is C19H29NO4. The Hall–Kier alpha value is -1.88. The zero-order valence-electron chi connectivity index (χ0n) is 15.3. The van der Waals surface area contributed by atoms with E-state index in [1.165, 1.54) is 0 Å². The van der Waals surface area contributed by atoms with Gasteiger partial charge in [0, 0.05) is 19.4 Å². The van der Waals surface area contributed by atoms with Gasteiger partial charge >= 0.3 is 5.97 Å². The molecule has 1 aromatic carbocycles. The molecule has 0 spiro atoms. The van der Waals surface area contributed by atoms with Gasteiger partial charge in [0.25, 0.3) is 0 Å². The van der Waals surface area contributed by atoms with Gasteiger partial charge in [0.05, 0.1) is 5.60 Å². The van der Waals surface area contributed by atoms with Crippen LogP contribution in [0.1, 0.15) is 53.0 Å². The van der Waals surface area contributed by atoms with E-state index in [4.69, 9.17) is 4.74 Å². The summed E-state index contributed by atoms with van der Waals surface area (Å²) in [6.45, 7) is 9.95. The fourth-order valence-corrected chi connectivity index (χ4v) is 2.38. The van der Waals surface area contributed by atoms with Crippen LogP contribution in [0.4, 0.5) is 0 Å². The molecule has 0 aliphatic rings. The van der Waals surface area contributed by atoms with Crippen molar-refractivity contribution in [3.05, 3.63) is 35.9 Å². The lowest BCUT2D eigenvalue weighted by atomic mass is 9.81. The molecule has 0 radical (unpaired) electrons. The number of ether oxygens (including phenoxy) is 1. The summed E-state index contributed by atoms with van der Waals surface area (Å²) in [5.74, 6) is -1.31. The summed E-state index contributed by atoms with van der Waals surface area (Å²) < 4.78 is 5.55. The van der Waals surface area contributed by atoms with Crippen molar-refractivity contribution in [1.82, 2.24) is 5.32 Å². The van der Waals surface area contributed by atoms with Crippen molar-refractivity contribution < 1.29 is 19.4 Å². The fraction of sp³-hybridized carbons (Fsp3) is 0.579. The quantitative estimate of drug-likeness (QED) is 0.765. The Morgan fingerprint density at radius 2 is 1.71 bits per heavy atom. The topological polar surface area (TPSA) is 75.6 Å². The summed E-state index contributed by atoms with van der Waals surface area (Å²) in [6, 6.07) is 8.79. The Morgan fingerprint density at radius 1 is 1.12 bits per heavy atom. The highest BCUT2D eigenvalue weighted by Crippen LogP contribution is 2.26. The van der Waals surface area contributed by atoms with Crippen molar-refractivity contribution in [3.63, 3.8) is 0 Å². The maximum absolute atomic E-state index is 12.3. The highest BCUT2D eigenvalue weighted by Gasteiger charge is 2.27. The Bertz CT molecular complexity index is 546. The average Bonchev–Trinajstić information content (AvgIpc) is 2.45. The molecule has 5 nitrogen and oxygen atoms in total. The molecule has 0 saturated heterocycles. The van der Waals surface area contributed by atoms with E-state index < -0.39 is 12.0 Å². The van der Waals surface area contributed by atoms with Crippen molar-refractivity contribution in [2.24, 2.45) is 0 Å². The minimum atomic E-state index is -1.04. The van der Waals surface area contributed by atoms with E-state index in [2.05, 4.69) is 5.32 Å². The molecule has 5 heteroatoms. The number of nitrogens with one attached hydrogen (secondary N) is 1. The van der Waals surface area contributed by atoms with E-state index >= 15 is 0 Å². The summed E-state index contributed by atoms with van der Waals surface area (Å²) in [5.41, 5.74) is 0.349. The minimum absolute atomic E-state index is 0.223. The Labute approximate surface area is 144 Å². The lowest BCUT2D eigenvalue weighted by Crippen LogP contribution is -2.43. The number of carbonyl (C=O) groups excluding carboxylic acids is 1. The molecule has 2 N–H and O–H groups in total. The van der Waals surface area contributed by atoms with Crippen LogP contribution in [-0.4, -0.2) is 35.2 Å². The number of hydrogen-bond donors (Lipinski definition) is 2. The van der Waals surface area contributed by atoms with E-state index in [1.54, 1.807) is 0 Å². The second-order valence-corrected chi connectivity index (χ2v) is 7.63. The first kappa shape index (κ1) is 20.2. The maximum atomic E-state index is 12.3. The van der Waals surface area contributed by atoms with Gasteiger partial charge < -0.3 is 15.2 Å². The van der Waals surface area contributed by atoms with Crippen LogP contribution in [0.5, 0.6) is 0 Å². The number of carboxylic acid groups (broad SMARTS) is 1. The van der Waals surface area contributed by atoms with Crippen LogP contribution in [0, 0.1) is 0 Å². The zero-order valence-corrected chi connectivity index (χ0v) is 15.3. The van der Waals surface area contributed by atoms with Crippen LogP contribution in [0.15, 0.2) is 30.3 Å². The van der Waals surface area contributed by atoms with Crippen LogP contribution in [0.3, 0.4) is 0 Å². The predicted molar refractivity (Wildman–Crippen MR) is 94.0 cm³/mol. The summed E-state index contributed by atoms with van der Waals surface area (Å²) in [6.07, 6.45) is 0.463. The van der Waals surface area contributed by atoms with E-state index in [0.717, 1.165) is 5.56 Å². The van der Waals surface area contributed by atoms with Crippen LogP contribution in [0.2, 0.25) is 0 Å². The molecule has 1 aromatic rings. The zero-order chi connectivity index (χ0) is 18.4. The molecule has 0 aromatic heterocycles. The van der Waals surface area contributed by atoms with Gasteiger partial charge in [-0.25, -0.2) is 4.79 Å². The number of amides is 1. The lowest BCUT2D eigenvalue weighted by Gasteiger charge is -2.26. The summed E-state index contributed by atoms with van der Waals surface area (Å²) in [7, 11) is 0. The third-order valence-electron chi connectivity index (χ3n) is 3.73. The molecule has 0 saturated carbocycles. The first-order valence-corrected chi connectivity index (χ1v) is 8.23. The number of hydrogen-bond acceptors (Lipinski definition) is 3. The van der Waals surface area contributed by atoms with Crippen molar-refractivity contribution in [2.45, 2.75) is 64.5 Å². The second kappa shape index (κ2) is 8.29. The van der Waals surface area contributed by atoms with Crippen molar-refractivity contribution in [2.75, 3.05) is 6.61 Å². The van der Waals surface area contributed by atoms with Gasteiger partial charge in [-0.05, 0) is 31.7 Å². The Morgan fingerprint density at radius 3 is 2.21 bits per heavy atom. The van der Waals surface area contributed by atoms with E-state index in [-0.39, 0.29) is 36.4 Å². The highest BCUT2D eigenvalue weighted by molar-refractivity contribution is 5.84. The van der Waals surface area contributed by atoms with E-state index in [9.17, 15) is 14.7 Å². The smallest absolute Gasteiger partial charge is 0.326 e. The third kappa shape index (κ3) is 7.13. The first-order valence-electron chi connectivity index (χ1n) is 8.23. The van der Waals surface area contributed by atoms with Crippen molar-refractivity contribution in [1.29, 1.82) is 0 Å². The molecule has 0 aliphatic heterocycles. The Balaban J connectivity index is 2.61. The van der Waals surface area contributed by atoms with Crippen LogP contribution in [0.25, 0.3) is 0 Å². The Kier molecular flexibility index (Phi) is 6.96. The van der Waals surface area contributed by atoms with E-state index in [0.29, 0.717) is 0 Å². The van der Waals surface area contributed by atoms with Crippen molar-refractivity contribution in [3.8, 4) is 0 Å². The summed E-state index contributed by atoms with van der Waals surface area (Å²) >= 11 is 0. The number of carbonyl (C=O) groups is 2. The minimum Gasteiger partial charge on any atom is -0.480 e. The number of rotatable bonds is 8. The molecule has 0 bridgehead atoms. The van der Waals surface area contributed by atoms with Gasteiger partial charge in [-0.1, -0.05) is 44.2 Å². The highest BCUT2D eigenvalue weighted by atomic mass is 16.5. The number of benzene rings is 1. The summed E-state index contributed by atoms with van der Waals surface area (Å²) in [5, 5.41) is 11.9. The second-order valence-electron chi connectivity index (χ2n) is 7.63. The first-order chi connectivity index (χ1) is 11.0. The largest absolute Gasteiger partial charge is 0.480 e. The fourth-order valence-electron chi connectivity index (χ4n) is 2.38. The van der Waals surface area contributed by atoms with Gasteiger partial charge in [0.2, 0.25) is 5.91 Å². The number of carboxylic acids is 1. The van der Waals surface area contributed by atoms with Gasteiger partial charge in [0.15, 0.2) is 0 Å². The van der Waals surface area contributed by atoms with Crippen molar-refractivity contribution >= 4 is 11.9 Å². The van der Waals surface area contributed by atoms with Gasteiger partial charge in [-0.3, -0.25) is 4.79 Å². The molecular weight excluding hydrogens is 306 g/mol. The van der Waals surface area contributed by atoms with Gasteiger partial charge in [-0.15, -0.1) is 0 Å². The molecule has 0 heterocycles. The molecule has 134 valence electrons. The normalized spacial score (nSPS) is 13.4. The number of aliphatic carboxylic acids is 1. The molecule has 1 rings (SSSR count). The summed E-state index contributed by atoms with van der Waals surface area (Å²) in [4.78, 5) is 23.6. The molecule has 0 fully saturated rings. The van der Waals surface area contributed by atoms with E-state index in [1.807, 2.05) is 65.0 Å². The monoisotopic (exact) mass is 335 g/mol. The standard InChI is InChI=1S/C19H29NO4/c1-18(2,3)24-12-11-15(17(22)23)20-16(21)13-19(4,5)14-9-7-6-8-10-14/h6-10,15H,11-13H2,1-5H3,(H,20,21)(H,22,23). The van der Waals surface area contributed by atoms with Crippen LogP contribution in [-0.2, 0) is 19.7 Å².